The largest absolute Gasteiger partial charge is 0.0689 e. The molecule has 0 radical (unpaired) electrons. The minimum Gasteiger partial charge on any atom is -0.0689 e. The Balaban J connectivity index is 1.59. The smallest absolute Gasteiger partial charge is 0.0544 e. The summed E-state index contributed by atoms with van der Waals surface area (Å²) in [5.74, 6) is 8.28. The predicted molar refractivity (Wildman–Crippen MR) is 122 cm³/mol. The molecular weight excluding hydrogens is 340 g/mol. The van der Waals surface area contributed by atoms with Crippen molar-refractivity contribution in [1.29, 1.82) is 0 Å². The molecule has 0 bridgehead atoms. The van der Waals surface area contributed by atoms with Crippen LogP contribution in [0.1, 0.15) is 91.9 Å². The fourth-order valence-electron chi connectivity index (χ4n) is 9.51. The average Bonchev–Trinajstić information content (AvgIpc) is 3.15. The molecule has 8 unspecified atom stereocenters. The molecule has 4 aliphatic rings. The van der Waals surface area contributed by atoms with E-state index in [9.17, 15) is 0 Å². The summed E-state index contributed by atoms with van der Waals surface area (Å²) in [5, 5.41) is 0. The van der Waals surface area contributed by atoms with Gasteiger partial charge in [-0.05, 0) is 71.3 Å². The number of fused-ring (bicyclic) bond motifs is 1. The maximum atomic E-state index is 2.86. The molecule has 4 rings (SSSR count). The highest BCUT2D eigenvalue weighted by Gasteiger charge is 2.58. The molecule has 0 heterocycles. The fourth-order valence-corrected chi connectivity index (χ4v) is 15.7. The maximum Gasteiger partial charge on any atom is 0.0544 e. The summed E-state index contributed by atoms with van der Waals surface area (Å²) in [5.41, 5.74) is 2.21. The summed E-state index contributed by atoms with van der Waals surface area (Å²) in [6.07, 6.45) is 15.7. The van der Waals surface area contributed by atoms with Crippen LogP contribution in [0, 0.1) is 47.3 Å². The lowest BCUT2D eigenvalue weighted by Crippen LogP contribution is -2.44. The molecule has 4 fully saturated rings. The lowest BCUT2D eigenvalue weighted by molar-refractivity contribution is 0.150. The van der Waals surface area contributed by atoms with Crippen molar-refractivity contribution in [2.75, 3.05) is 0 Å². The molecule has 0 spiro atoms. The van der Waals surface area contributed by atoms with E-state index in [2.05, 4.69) is 40.8 Å². The summed E-state index contributed by atoms with van der Waals surface area (Å²) in [4.78, 5) is 0. The molecule has 0 aromatic carbocycles. The Morgan fingerprint density at radius 1 is 0.556 bits per heavy atom. The van der Waals surface area contributed by atoms with Gasteiger partial charge in [0.2, 0.25) is 0 Å². The van der Waals surface area contributed by atoms with Gasteiger partial charge in [0.05, 0.1) is 8.07 Å². The molecule has 0 aromatic rings. The van der Waals surface area contributed by atoms with E-state index >= 15 is 0 Å². The van der Waals surface area contributed by atoms with Crippen molar-refractivity contribution < 1.29 is 0 Å². The van der Waals surface area contributed by atoms with Crippen LogP contribution < -0.4 is 0 Å². The van der Waals surface area contributed by atoms with Gasteiger partial charge in [-0.1, -0.05) is 92.2 Å². The highest BCUT2D eigenvalue weighted by molar-refractivity contribution is 6.80. The van der Waals surface area contributed by atoms with Crippen LogP contribution in [0.15, 0.2) is 0 Å². The van der Waals surface area contributed by atoms with Gasteiger partial charge in [0.1, 0.15) is 0 Å². The Hall–Kier alpha value is 0.217. The predicted octanol–water partition coefficient (Wildman–Crippen LogP) is 8.40. The van der Waals surface area contributed by atoms with Crippen LogP contribution in [0.2, 0.25) is 24.2 Å². The lowest BCUT2D eigenvalue weighted by Gasteiger charge is -2.45. The Labute approximate surface area is 171 Å². The molecule has 8 atom stereocenters. The summed E-state index contributed by atoms with van der Waals surface area (Å²) < 4.78 is 0. The molecule has 156 valence electrons. The first-order valence-electron chi connectivity index (χ1n) is 12.8. The van der Waals surface area contributed by atoms with Crippen molar-refractivity contribution in [1.82, 2.24) is 0 Å². The third kappa shape index (κ3) is 3.40. The summed E-state index contributed by atoms with van der Waals surface area (Å²) in [6, 6.07) is 0. The van der Waals surface area contributed by atoms with Crippen LogP contribution >= 0.6 is 0 Å². The highest BCUT2D eigenvalue weighted by Crippen LogP contribution is 2.64. The van der Waals surface area contributed by atoms with E-state index in [1.165, 1.54) is 19.3 Å². The van der Waals surface area contributed by atoms with E-state index in [4.69, 9.17) is 0 Å². The molecular formula is C26H48Si. The molecule has 0 nitrogen and oxygen atoms in total. The zero-order valence-corrected chi connectivity index (χ0v) is 20.3. The molecule has 0 aromatic heterocycles. The summed E-state index contributed by atoms with van der Waals surface area (Å²) in [6.45, 7) is 16.1. The van der Waals surface area contributed by atoms with Crippen molar-refractivity contribution >= 4 is 8.07 Å². The summed E-state index contributed by atoms with van der Waals surface area (Å²) in [7, 11) is -1.26. The van der Waals surface area contributed by atoms with E-state index in [1.807, 2.05) is 0 Å². The van der Waals surface area contributed by atoms with Gasteiger partial charge in [-0.3, -0.25) is 0 Å². The van der Waals surface area contributed by atoms with Crippen molar-refractivity contribution in [3.05, 3.63) is 0 Å². The van der Waals surface area contributed by atoms with Gasteiger partial charge in [0, 0.05) is 0 Å². The van der Waals surface area contributed by atoms with Crippen molar-refractivity contribution in [2.24, 2.45) is 47.3 Å². The molecule has 0 saturated heterocycles. The monoisotopic (exact) mass is 388 g/mol. The second-order valence-electron chi connectivity index (χ2n) is 12.3. The summed E-state index contributed by atoms with van der Waals surface area (Å²) >= 11 is 0. The minimum absolute atomic E-state index is 0.939. The third-order valence-electron chi connectivity index (χ3n) is 11.2. The SMILES string of the molecule is CC1C(C)C(C)C([Si](C)(C)C2CC(C3CCCCC3)C3CCCCC32)C1C. The second-order valence-corrected chi connectivity index (χ2v) is 17.4. The molecule has 0 amide bonds. The van der Waals surface area contributed by atoms with Gasteiger partial charge in [-0.25, -0.2) is 0 Å². The Kier molecular flexibility index (Phi) is 5.92. The molecule has 4 aliphatic carbocycles. The zero-order valence-electron chi connectivity index (χ0n) is 19.3. The normalized spacial score (nSPS) is 49.3. The lowest BCUT2D eigenvalue weighted by atomic mass is 9.70. The van der Waals surface area contributed by atoms with Crippen LogP contribution in [0.4, 0.5) is 0 Å². The Bertz CT molecular complexity index is 490. The van der Waals surface area contributed by atoms with E-state index < -0.39 is 8.07 Å². The standard InChI is InChI=1S/C26H48Si/c1-17-18(2)20(4)26(19(17)3)27(5,6)25-16-24(21-12-8-7-9-13-21)22-14-10-11-15-23(22)25/h17-26H,7-16H2,1-6H3. The quantitative estimate of drug-likeness (QED) is 0.426. The van der Waals surface area contributed by atoms with Gasteiger partial charge < -0.3 is 0 Å². The first-order valence-corrected chi connectivity index (χ1v) is 16.0. The van der Waals surface area contributed by atoms with Crippen LogP contribution in [0.3, 0.4) is 0 Å². The molecule has 0 N–H and O–H groups in total. The van der Waals surface area contributed by atoms with Crippen molar-refractivity contribution in [2.45, 2.75) is 116 Å². The van der Waals surface area contributed by atoms with Crippen LogP contribution in [-0.2, 0) is 0 Å². The van der Waals surface area contributed by atoms with Gasteiger partial charge in [-0.15, -0.1) is 0 Å². The van der Waals surface area contributed by atoms with Crippen LogP contribution in [0.25, 0.3) is 0 Å². The van der Waals surface area contributed by atoms with E-state index in [-0.39, 0.29) is 0 Å². The number of hydrogen-bond acceptors (Lipinski definition) is 0. The van der Waals surface area contributed by atoms with Crippen molar-refractivity contribution in [3.8, 4) is 0 Å². The molecule has 27 heavy (non-hydrogen) atoms. The van der Waals surface area contributed by atoms with Crippen molar-refractivity contribution in [3.63, 3.8) is 0 Å². The average molecular weight is 389 g/mol. The molecule has 0 aliphatic heterocycles. The second kappa shape index (κ2) is 7.80. The first kappa shape index (κ1) is 20.5. The topological polar surface area (TPSA) is 0 Å². The fraction of sp³-hybridized carbons (Fsp3) is 1.00. The number of hydrogen-bond donors (Lipinski definition) is 0. The molecule has 4 saturated carbocycles. The Morgan fingerprint density at radius 2 is 1.07 bits per heavy atom. The Morgan fingerprint density at radius 3 is 1.67 bits per heavy atom. The van der Waals surface area contributed by atoms with Gasteiger partial charge in [0.25, 0.3) is 0 Å². The minimum atomic E-state index is -1.26. The van der Waals surface area contributed by atoms with E-state index in [1.54, 1.807) is 44.9 Å². The van der Waals surface area contributed by atoms with E-state index in [0.717, 1.165) is 58.4 Å². The van der Waals surface area contributed by atoms with Gasteiger partial charge in [0.15, 0.2) is 0 Å². The first-order chi connectivity index (χ1) is 12.8. The number of rotatable bonds is 3. The van der Waals surface area contributed by atoms with Gasteiger partial charge in [-0.2, -0.15) is 0 Å². The highest BCUT2D eigenvalue weighted by atomic mass is 28.3. The zero-order chi connectivity index (χ0) is 19.3. The maximum absolute atomic E-state index is 2.86. The third-order valence-corrected chi connectivity index (χ3v) is 16.5. The van der Waals surface area contributed by atoms with Gasteiger partial charge >= 0.3 is 0 Å². The molecule has 1 heteroatoms. The van der Waals surface area contributed by atoms with Crippen LogP contribution in [-0.4, -0.2) is 8.07 Å². The van der Waals surface area contributed by atoms with Crippen LogP contribution in [0.5, 0.6) is 0 Å². The van der Waals surface area contributed by atoms with E-state index in [0.29, 0.717) is 0 Å².